The molecule has 1 saturated heterocycles. The molecule has 9 heteroatoms. The maximum atomic E-state index is 13.3. The molecule has 5 rings (SSSR count). The lowest BCUT2D eigenvalue weighted by Crippen LogP contribution is -2.33. The number of allylic oxidation sites excluding steroid dienone is 1. The summed E-state index contributed by atoms with van der Waals surface area (Å²) >= 11 is 0. The van der Waals surface area contributed by atoms with Gasteiger partial charge >= 0.3 is 0 Å². The van der Waals surface area contributed by atoms with Crippen LogP contribution in [-0.4, -0.2) is 43.2 Å². The Morgan fingerprint density at radius 3 is 2.49 bits per heavy atom. The number of sulfone groups is 1. The van der Waals surface area contributed by atoms with Crippen LogP contribution in [0.2, 0.25) is 0 Å². The van der Waals surface area contributed by atoms with Gasteiger partial charge in [-0.3, -0.25) is 9.69 Å². The minimum Gasteiger partial charge on any atom is -0.493 e. The van der Waals surface area contributed by atoms with Gasteiger partial charge in [-0.15, -0.1) is 0 Å². The number of carbonyl (C=O) groups excluding carboxylic acids is 1. The molecule has 0 radical (unpaired) electrons. The molecular formula is C28H32F2N2O4S. The summed E-state index contributed by atoms with van der Waals surface area (Å²) in [5.41, 5.74) is 2.33. The van der Waals surface area contributed by atoms with Crippen LogP contribution in [0, 0.1) is 11.3 Å². The molecule has 1 saturated carbocycles. The second-order valence-electron chi connectivity index (χ2n) is 11.5. The lowest BCUT2D eigenvalue weighted by atomic mass is 9.77. The number of halogens is 2. The van der Waals surface area contributed by atoms with Crippen molar-refractivity contribution in [2.45, 2.75) is 57.8 Å². The summed E-state index contributed by atoms with van der Waals surface area (Å²) < 4.78 is 55.8. The molecule has 0 bridgehead atoms. The zero-order valence-electron chi connectivity index (χ0n) is 21.4. The number of aromatic nitrogens is 1. The average molecular weight is 531 g/mol. The Morgan fingerprint density at radius 1 is 1.16 bits per heavy atom. The van der Waals surface area contributed by atoms with E-state index in [0.717, 1.165) is 16.9 Å². The summed E-state index contributed by atoms with van der Waals surface area (Å²) in [4.78, 5) is 19.7. The zero-order chi connectivity index (χ0) is 26.8. The van der Waals surface area contributed by atoms with E-state index in [4.69, 9.17) is 4.74 Å². The quantitative estimate of drug-likeness (QED) is 0.418. The number of pyridine rings is 1. The van der Waals surface area contributed by atoms with Crippen molar-refractivity contribution in [3.8, 4) is 5.75 Å². The SMILES string of the molecule is C=C1N(c2cc(OCC3CC3(F)F)ccn2)c2ccc(C(=O)CC3(C)CCS(=O)(=O)CC3)cc2C1(C)C. The summed E-state index contributed by atoms with van der Waals surface area (Å²) in [6.07, 6.45) is 2.72. The molecule has 1 aromatic carbocycles. The van der Waals surface area contributed by atoms with E-state index in [0.29, 0.717) is 36.4 Å². The molecule has 0 N–H and O–H groups in total. The fourth-order valence-corrected chi connectivity index (χ4v) is 7.02. The highest BCUT2D eigenvalue weighted by Gasteiger charge is 2.57. The maximum Gasteiger partial charge on any atom is 0.255 e. The Bertz CT molecular complexity index is 1370. The highest BCUT2D eigenvalue weighted by atomic mass is 32.2. The van der Waals surface area contributed by atoms with Crippen LogP contribution >= 0.6 is 0 Å². The van der Waals surface area contributed by atoms with Crippen LogP contribution in [0.15, 0.2) is 48.8 Å². The van der Waals surface area contributed by atoms with Gasteiger partial charge in [0, 0.05) is 41.8 Å². The fraction of sp³-hybridized carbons (Fsp3) is 0.500. The highest BCUT2D eigenvalue weighted by Crippen LogP contribution is 2.51. The molecule has 2 aliphatic heterocycles. The standard InChI is InChI=1S/C28H32F2N2O4S/c1-18-26(2,3)22-13-19(24(33)16-27(4)8-11-37(34,35)12-9-27)5-6-23(22)32(18)25-14-21(7-10-31-25)36-17-20-15-28(20,29)30/h5-7,10,13-14,20H,1,8-9,11-12,15-17H2,2-4H3. The summed E-state index contributed by atoms with van der Waals surface area (Å²) in [6.45, 7) is 10.3. The first-order chi connectivity index (χ1) is 17.2. The van der Waals surface area contributed by atoms with Crippen molar-refractivity contribution >= 4 is 27.1 Å². The van der Waals surface area contributed by atoms with Crippen molar-refractivity contribution < 1.29 is 26.7 Å². The van der Waals surface area contributed by atoms with E-state index < -0.39 is 27.1 Å². The summed E-state index contributed by atoms with van der Waals surface area (Å²) in [5, 5.41) is 0. The first-order valence-corrected chi connectivity index (χ1v) is 14.4. The number of ether oxygens (including phenoxy) is 1. The molecule has 2 fully saturated rings. The second-order valence-corrected chi connectivity index (χ2v) is 13.8. The van der Waals surface area contributed by atoms with Gasteiger partial charge in [-0.2, -0.15) is 0 Å². The van der Waals surface area contributed by atoms with Crippen molar-refractivity contribution in [3.05, 3.63) is 59.9 Å². The van der Waals surface area contributed by atoms with Crippen LogP contribution in [0.25, 0.3) is 0 Å². The average Bonchev–Trinajstić information content (AvgIpc) is 3.40. The molecule has 2 aromatic rings. The van der Waals surface area contributed by atoms with Crippen LogP contribution in [-0.2, 0) is 15.3 Å². The largest absolute Gasteiger partial charge is 0.493 e. The molecule has 0 spiro atoms. The van der Waals surface area contributed by atoms with E-state index >= 15 is 0 Å². The van der Waals surface area contributed by atoms with Crippen molar-refractivity contribution in [2.75, 3.05) is 23.0 Å². The molecule has 1 aromatic heterocycles. The van der Waals surface area contributed by atoms with Crippen LogP contribution in [0.5, 0.6) is 5.75 Å². The Kier molecular flexibility index (Phi) is 6.01. The van der Waals surface area contributed by atoms with E-state index in [1.165, 1.54) is 0 Å². The van der Waals surface area contributed by atoms with Gasteiger partial charge in [0.2, 0.25) is 0 Å². The highest BCUT2D eigenvalue weighted by molar-refractivity contribution is 7.91. The monoisotopic (exact) mass is 530 g/mol. The minimum absolute atomic E-state index is 0.00476. The van der Waals surface area contributed by atoms with Gasteiger partial charge in [0.25, 0.3) is 5.92 Å². The number of hydrogen-bond acceptors (Lipinski definition) is 6. The van der Waals surface area contributed by atoms with Gasteiger partial charge in [0.15, 0.2) is 5.78 Å². The Labute approximate surface area is 216 Å². The number of benzene rings is 1. The molecule has 37 heavy (non-hydrogen) atoms. The normalized spacial score (nSPS) is 24.4. The number of nitrogens with zero attached hydrogens (tertiary/aromatic N) is 2. The lowest BCUT2D eigenvalue weighted by Gasteiger charge is -2.32. The number of carbonyl (C=O) groups is 1. The third-order valence-corrected chi connectivity index (χ3v) is 9.85. The second kappa shape index (κ2) is 8.61. The van der Waals surface area contributed by atoms with Crippen molar-refractivity contribution in [3.63, 3.8) is 0 Å². The number of alkyl halides is 2. The van der Waals surface area contributed by atoms with Crippen LogP contribution in [0.1, 0.15) is 62.4 Å². The molecule has 0 amide bonds. The Balaban J connectivity index is 1.37. The van der Waals surface area contributed by atoms with Crippen molar-refractivity contribution in [2.24, 2.45) is 11.3 Å². The van der Waals surface area contributed by atoms with Crippen LogP contribution in [0.4, 0.5) is 20.3 Å². The van der Waals surface area contributed by atoms with E-state index in [2.05, 4.69) is 11.6 Å². The molecular weight excluding hydrogens is 498 g/mol. The summed E-state index contributed by atoms with van der Waals surface area (Å²) in [5.74, 6) is -2.11. The molecule has 3 heterocycles. The van der Waals surface area contributed by atoms with E-state index in [9.17, 15) is 22.0 Å². The predicted octanol–water partition coefficient (Wildman–Crippen LogP) is 5.85. The Morgan fingerprint density at radius 2 is 1.84 bits per heavy atom. The molecule has 1 unspecified atom stereocenters. The topological polar surface area (TPSA) is 76.6 Å². The van der Waals surface area contributed by atoms with Crippen molar-refractivity contribution in [1.82, 2.24) is 4.98 Å². The third kappa shape index (κ3) is 4.90. The number of ketones is 1. The van der Waals surface area contributed by atoms with Crippen LogP contribution < -0.4 is 9.64 Å². The number of hydrogen-bond donors (Lipinski definition) is 0. The smallest absolute Gasteiger partial charge is 0.255 e. The van der Waals surface area contributed by atoms with E-state index in [1.807, 2.05) is 37.8 Å². The summed E-state index contributed by atoms with van der Waals surface area (Å²) in [6, 6.07) is 8.94. The maximum absolute atomic E-state index is 13.3. The fourth-order valence-electron chi connectivity index (χ4n) is 5.20. The van der Waals surface area contributed by atoms with E-state index in [-0.39, 0.29) is 35.7 Å². The number of fused-ring (bicyclic) bond motifs is 1. The lowest BCUT2D eigenvalue weighted by molar-refractivity contribution is 0.0855. The van der Waals surface area contributed by atoms with Gasteiger partial charge in [0.05, 0.1) is 29.7 Å². The van der Waals surface area contributed by atoms with Crippen LogP contribution in [0.3, 0.4) is 0 Å². The predicted molar refractivity (Wildman–Crippen MR) is 138 cm³/mol. The molecule has 1 atom stereocenters. The van der Waals surface area contributed by atoms with Crippen molar-refractivity contribution in [1.29, 1.82) is 0 Å². The Hall–Kier alpha value is -2.81. The van der Waals surface area contributed by atoms with Gasteiger partial charge in [-0.1, -0.05) is 27.4 Å². The number of anilines is 2. The first kappa shape index (κ1) is 25.8. The summed E-state index contributed by atoms with van der Waals surface area (Å²) in [7, 11) is -3.00. The van der Waals surface area contributed by atoms with Gasteiger partial charge in [-0.25, -0.2) is 22.2 Å². The molecule has 6 nitrogen and oxygen atoms in total. The minimum atomic E-state index is -3.00. The molecule has 3 aliphatic rings. The molecule has 198 valence electrons. The van der Waals surface area contributed by atoms with E-state index in [1.54, 1.807) is 24.4 Å². The molecule has 1 aliphatic carbocycles. The van der Waals surface area contributed by atoms with Gasteiger partial charge in [-0.05, 0) is 48.1 Å². The number of rotatable bonds is 7. The van der Waals surface area contributed by atoms with Gasteiger partial charge in [0.1, 0.15) is 21.4 Å². The first-order valence-electron chi connectivity index (χ1n) is 12.6. The zero-order valence-corrected chi connectivity index (χ0v) is 22.2. The van der Waals surface area contributed by atoms with Gasteiger partial charge < -0.3 is 4.74 Å². The number of Topliss-reactive ketones (excluding diaryl/α,β-unsaturated/α-hetero) is 1. The third-order valence-electron chi connectivity index (χ3n) is 8.20.